The molecule has 11 heteroatoms. The first-order valence-electron chi connectivity index (χ1n) is 10.2. The number of ether oxygens (including phenoxy) is 1. The normalized spacial score (nSPS) is 12.6. The van der Waals surface area contributed by atoms with Crippen molar-refractivity contribution in [1.82, 2.24) is 10.3 Å². The Morgan fingerprint density at radius 3 is 2.45 bits per heavy atom. The van der Waals surface area contributed by atoms with Gasteiger partial charge in [0.15, 0.2) is 5.13 Å². The summed E-state index contributed by atoms with van der Waals surface area (Å²) < 4.78 is 32.5. The number of anilines is 2. The second-order valence-corrected chi connectivity index (χ2v) is 10.1. The molecule has 33 heavy (non-hydrogen) atoms. The molecule has 4 rings (SSSR count). The Hall–Kier alpha value is -3.44. The van der Waals surface area contributed by atoms with Crippen molar-refractivity contribution in [2.45, 2.75) is 24.2 Å². The van der Waals surface area contributed by atoms with E-state index in [0.29, 0.717) is 22.1 Å². The average molecular weight is 487 g/mol. The Kier molecular flexibility index (Phi) is 6.61. The zero-order valence-corrected chi connectivity index (χ0v) is 19.4. The van der Waals surface area contributed by atoms with E-state index in [1.807, 2.05) is 0 Å². The van der Waals surface area contributed by atoms with Crippen LogP contribution in [0.1, 0.15) is 27.3 Å². The van der Waals surface area contributed by atoms with E-state index in [0.717, 1.165) is 25.0 Å². The molecule has 0 fully saturated rings. The molecule has 0 saturated heterocycles. The summed E-state index contributed by atoms with van der Waals surface area (Å²) in [6.45, 7) is -0.199. The standard InChI is InChI=1S/C22H22N4O5S2/c1-31-16-9-11-17(12-10-16)33(29,30)26-15-7-5-14(6-8-15)21(28)23-13-20(27)25-22-24-18-3-2-4-19(18)32-22/h5-12,26H,2-4,13H2,1H3,(H,23,28)(H,24,25,27). The summed E-state index contributed by atoms with van der Waals surface area (Å²) in [4.78, 5) is 30.1. The van der Waals surface area contributed by atoms with Crippen LogP contribution >= 0.6 is 11.3 Å². The molecule has 0 spiro atoms. The quantitative estimate of drug-likeness (QED) is 0.449. The molecule has 0 radical (unpaired) electrons. The predicted octanol–water partition coefficient (Wildman–Crippen LogP) is 2.81. The third-order valence-corrected chi connectivity index (χ3v) is 7.49. The summed E-state index contributed by atoms with van der Waals surface area (Å²) in [7, 11) is -2.29. The lowest BCUT2D eigenvalue weighted by Gasteiger charge is -2.10. The molecular formula is C22H22N4O5S2. The molecule has 3 N–H and O–H groups in total. The van der Waals surface area contributed by atoms with Gasteiger partial charge in [-0.05, 0) is 67.8 Å². The van der Waals surface area contributed by atoms with Crippen molar-refractivity contribution in [2.75, 3.05) is 23.7 Å². The van der Waals surface area contributed by atoms with Crippen LogP contribution in [-0.2, 0) is 27.7 Å². The number of sulfonamides is 1. The molecule has 0 aliphatic heterocycles. The van der Waals surface area contributed by atoms with Gasteiger partial charge in [-0.1, -0.05) is 0 Å². The van der Waals surface area contributed by atoms with Gasteiger partial charge in [-0.2, -0.15) is 0 Å². The fourth-order valence-corrected chi connectivity index (χ4v) is 5.45. The van der Waals surface area contributed by atoms with Gasteiger partial charge in [0.25, 0.3) is 15.9 Å². The van der Waals surface area contributed by atoms with Crippen LogP contribution in [0.2, 0.25) is 0 Å². The van der Waals surface area contributed by atoms with E-state index in [4.69, 9.17) is 4.74 Å². The first-order valence-corrected chi connectivity index (χ1v) is 12.5. The summed E-state index contributed by atoms with van der Waals surface area (Å²) in [6.07, 6.45) is 3.02. The van der Waals surface area contributed by atoms with E-state index in [1.165, 1.54) is 59.7 Å². The summed E-state index contributed by atoms with van der Waals surface area (Å²) in [5.41, 5.74) is 1.64. The topological polar surface area (TPSA) is 126 Å². The van der Waals surface area contributed by atoms with Gasteiger partial charge >= 0.3 is 0 Å². The highest BCUT2D eigenvalue weighted by Gasteiger charge is 2.18. The second kappa shape index (κ2) is 9.59. The van der Waals surface area contributed by atoms with Crippen molar-refractivity contribution in [3.63, 3.8) is 0 Å². The number of methoxy groups -OCH3 is 1. The molecule has 2 amide bonds. The van der Waals surface area contributed by atoms with Crippen molar-refractivity contribution in [2.24, 2.45) is 0 Å². The fourth-order valence-electron chi connectivity index (χ4n) is 3.33. The number of rotatable bonds is 8. The van der Waals surface area contributed by atoms with E-state index < -0.39 is 15.9 Å². The van der Waals surface area contributed by atoms with Crippen LogP contribution < -0.4 is 20.1 Å². The van der Waals surface area contributed by atoms with Gasteiger partial charge in [-0.25, -0.2) is 13.4 Å². The minimum atomic E-state index is -3.79. The van der Waals surface area contributed by atoms with Crippen LogP contribution in [0.4, 0.5) is 10.8 Å². The van der Waals surface area contributed by atoms with Crippen molar-refractivity contribution in [3.8, 4) is 5.75 Å². The summed E-state index contributed by atoms with van der Waals surface area (Å²) in [6, 6.07) is 11.9. The number of fused-ring (bicyclic) bond motifs is 1. The molecule has 1 aliphatic rings. The number of carbonyl (C=O) groups is 2. The van der Waals surface area contributed by atoms with Gasteiger partial charge < -0.3 is 15.4 Å². The number of nitrogens with one attached hydrogen (secondary N) is 3. The molecule has 0 saturated carbocycles. The van der Waals surface area contributed by atoms with Crippen molar-refractivity contribution in [3.05, 3.63) is 64.7 Å². The molecule has 3 aromatic rings. The minimum absolute atomic E-state index is 0.0848. The average Bonchev–Trinajstić information content (AvgIpc) is 3.39. The van der Waals surface area contributed by atoms with Crippen molar-refractivity contribution >= 4 is 44.0 Å². The van der Waals surface area contributed by atoms with Gasteiger partial charge in [0.1, 0.15) is 5.75 Å². The second-order valence-electron chi connectivity index (χ2n) is 7.33. The number of amides is 2. The summed E-state index contributed by atoms with van der Waals surface area (Å²) in [5, 5.41) is 5.80. The largest absolute Gasteiger partial charge is 0.497 e. The summed E-state index contributed by atoms with van der Waals surface area (Å²) in [5.74, 6) is -0.260. The molecule has 1 aromatic heterocycles. The molecule has 0 atom stereocenters. The zero-order chi connectivity index (χ0) is 23.4. The lowest BCUT2D eigenvalue weighted by molar-refractivity contribution is -0.115. The van der Waals surface area contributed by atoms with E-state index in [-0.39, 0.29) is 17.3 Å². The van der Waals surface area contributed by atoms with Gasteiger partial charge in [0, 0.05) is 16.1 Å². The van der Waals surface area contributed by atoms with E-state index in [9.17, 15) is 18.0 Å². The third kappa shape index (κ3) is 5.49. The fraction of sp³-hybridized carbons (Fsp3) is 0.227. The maximum absolute atomic E-state index is 12.5. The number of aryl methyl sites for hydroxylation is 2. The maximum Gasteiger partial charge on any atom is 0.261 e. The molecule has 0 bridgehead atoms. The Labute approximate surface area is 195 Å². The highest BCUT2D eigenvalue weighted by molar-refractivity contribution is 7.92. The number of thiazole rings is 1. The number of benzene rings is 2. The van der Waals surface area contributed by atoms with Crippen molar-refractivity contribution in [1.29, 1.82) is 0 Å². The Bertz CT molecular complexity index is 1250. The zero-order valence-electron chi connectivity index (χ0n) is 17.8. The molecule has 172 valence electrons. The lowest BCUT2D eigenvalue weighted by atomic mass is 10.2. The maximum atomic E-state index is 12.5. The number of aromatic nitrogens is 1. The molecule has 1 aliphatic carbocycles. The predicted molar refractivity (Wildman–Crippen MR) is 125 cm³/mol. The van der Waals surface area contributed by atoms with Crippen LogP contribution in [-0.4, -0.2) is 38.9 Å². The summed E-state index contributed by atoms with van der Waals surface area (Å²) >= 11 is 1.47. The highest BCUT2D eigenvalue weighted by atomic mass is 32.2. The number of nitrogens with zero attached hydrogens (tertiary/aromatic N) is 1. The van der Waals surface area contributed by atoms with Gasteiger partial charge in [-0.3, -0.25) is 14.3 Å². The van der Waals surface area contributed by atoms with Crippen LogP contribution in [0, 0.1) is 0 Å². The number of hydrogen-bond donors (Lipinski definition) is 3. The van der Waals surface area contributed by atoms with Gasteiger partial charge in [0.2, 0.25) is 5.91 Å². The number of carbonyl (C=O) groups excluding carboxylic acids is 2. The number of hydrogen-bond acceptors (Lipinski definition) is 7. The molecule has 2 aromatic carbocycles. The molecule has 0 unspecified atom stereocenters. The molecule has 9 nitrogen and oxygen atoms in total. The van der Waals surface area contributed by atoms with E-state index >= 15 is 0 Å². The first kappa shape index (κ1) is 22.7. The van der Waals surface area contributed by atoms with Gasteiger partial charge in [-0.15, -0.1) is 11.3 Å². The SMILES string of the molecule is COc1ccc(S(=O)(=O)Nc2ccc(C(=O)NCC(=O)Nc3nc4c(s3)CCC4)cc2)cc1. The minimum Gasteiger partial charge on any atom is -0.497 e. The molecular weight excluding hydrogens is 464 g/mol. The Balaban J connectivity index is 1.30. The monoisotopic (exact) mass is 486 g/mol. The van der Waals surface area contributed by atoms with E-state index in [1.54, 1.807) is 12.1 Å². The lowest BCUT2D eigenvalue weighted by Crippen LogP contribution is -2.32. The highest BCUT2D eigenvalue weighted by Crippen LogP contribution is 2.30. The Morgan fingerprint density at radius 2 is 1.79 bits per heavy atom. The van der Waals surface area contributed by atoms with Crippen LogP contribution in [0.15, 0.2) is 53.4 Å². The van der Waals surface area contributed by atoms with Gasteiger partial charge in [0.05, 0.1) is 24.2 Å². The third-order valence-electron chi connectivity index (χ3n) is 5.02. The smallest absolute Gasteiger partial charge is 0.261 e. The van der Waals surface area contributed by atoms with Crippen LogP contribution in [0.3, 0.4) is 0 Å². The van der Waals surface area contributed by atoms with E-state index in [2.05, 4.69) is 20.3 Å². The van der Waals surface area contributed by atoms with Crippen LogP contribution in [0.25, 0.3) is 0 Å². The molecule has 1 heterocycles. The Morgan fingerprint density at radius 1 is 1.06 bits per heavy atom. The van der Waals surface area contributed by atoms with Crippen LogP contribution in [0.5, 0.6) is 5.75 Å². The first-order chi connectivity index (χ1) is 15.8. The van der Waals surface area contributed by atoms with Crippen molar-refractivity contribution < 1.29 is 22.7 Å².